The van der Waals surface area contributed by atoms with Gasteiger partial charge in [0.15, 0.2) is 5.65 Å². The quantitative estimate of drug-likeness (QED) is 0.530. The second-order valence-electron chi connectivity index (χ2n) is 8.45. The van der Waals surface area contributed by atoms with Crippen LogP contribution in [0.4, 0.5) is 5.95 Å². The van der Waals surface area contributed by atoms with Gasteiger partial charge in [-0.15, -0.1) is 0 Å². The molecular weight excluding hydrogens is 392 g/mol. The van der Waals surface area contributed by atoms with E-state index < -0.39 is 0 Å². The Balaban J connectivity index is 1.16. The molecule has 9 heteroatoms. The number of carbonyl (C=O) groups excluding carboxylic acids is 1. The highest BCUT2D eigenvalue weighted by atomic mass is 16.2. The molecule has 9 nitrogen and oxygen atoms in total. The minimum atomic E-state index is 0.328. The summed E-state index contributed by atoms with van der Waals surface area (Å²) >= 11 is 0. The van der Waals surface area contributed by atoms with E-state index in [-0.39, 0.29) is 0 Å². The van der Waals surface area contributed by atoms with Crippen LogP contribution >= 0.6 is 0 Å². The van der Waals surface area contributed by atoms with Crippen molar-refractivity contribution in [2.24, 2.45) is 0 Å². The summed E-state index contributed by atoms with van der Waals surface area (Å²) in [4.78, 5) is 30.8. The second kappa shape index (κ2) is 7.33. The van der Waals surface area contributed by atoms with Crippen LogP contribution in [0.1, 0.15) is 38.5 Å². The lowest BCUT2D eigenvalue weighted by Crippen LogP contribution is -2.41. The van der Waals surface area contributed by atoms with Crippen molar-refractivity contribution in [3.63, 3.8) is 0 Å². The number of rotatable bonds is 4. The maximum absolute atomic E-state index is 12.0. The molecule has 2 aliphatic rings. The van der Waals surface area contributed by atoms with Gasteiger partial charge in [0.2, 0.25) is 11.9 Å². The van der Waals surface area contributed by atoms with Crippen LogP contribution in [0, 0.1) is 0 Å². The molecule has 1 aliphatic heterocycles. The zero-order valence-electron chi connectivity index (χ0n) is 17.2. The fraction of sp³-hybridized carbons (Fsp3) is 0.409. The predicted octanol–water partition coefficient (Wildman–Crippen LogP) is 3.01. The molecule has 0 radical (unpaired) electrons. The van der Waals surface area contributed by atoms with E-state index in [1.54, 1.807) is 10.7 Å². The third-order valence-corrected chi connectivity index (χ3v) is 6.54. The van der Waals surface area contributed by atoms with Crippen molar-refractivity contribution in [1.29, 1.82) is 0 Å². The van der Waals surface area contributed by atoms with E-state index in [4.69, 9.17) is 0 Å². The van der Waals surface area contributed by atoms with Crippen LogP contribution in [0.15, 0.2) is 36.9 Å². The van der Waals surface area contributed by atoms with Crippen LogP contribution < -0.4 is 5.32 Å². The Hall–Kier alpha value is -3.49. The normalized spacial score (nSPS) is 21.9. The minimum Gasteiger partial charge on any atom is -0.351 e. The number of nitrogens with zero attached hydrogens (tertiary/aromatic N) is 6. The molecular formula is C22H24N8O. The van der Waals surface area contributed by atoms with Gasteiger partial charge in [-0.05, 0) is 44.2 Å². The van der Waals surface area contributed by atoms with E-state index in [1.807, 2.05) is 30.7 Å². The lowest BCUT2D eigenvalue weighted by molar-refractivity contribution is -0.130. The van der Waals surface area contributed by atoms with E-state index in [2.05, 4.69) is 35.3 Å². The predicted molar refractivity (Wildman–Crippen MR) is 116 cm³/mol. The summed E-state index contributed by atoms with van der Waals surface area (Å²) in [5, 5.41) is 9.05. The molecule has 2 fully saturated rings. The number of fused-ring (bicyclic) bond motifs is 2. The number of likely N-dealkylation sites (tertiary alicyclic amines) is 1. The lowest BCUT2D eigenvalue weighted by Gasteiger charge is -2.34. The van der Waals surface area contributed by atoms with Crippen LogP contribution in [0.5, 0.6) is 0 Å². The van der Waals surface area contributed by atoms with E-state index in [9.17, 15) is 4.79 Å². The largest absolute Gasteiger partial charge is 0.351 e. The Kier molecular flexibility index (Phi) is 4.33. The van der Waals surface area contributed by atoms with Gasteiger partial charge in [0.05, 0.1) is 5.69 Å². The molecule has 31 heavy (non-hydrogen) atoms. The Morgan fingerprint density at radius 3 is 2.87 bits per heavy atom. The van der Waals surface area contributed by atoms with Gasteiger partial charge in [0, 0.05) is 60.8 Å². The van der Waals surface area contributed by atoms with E-state index >= 15 is 0 Å². The van der Waals surface area contributed by atoms with Crippen LogP contribution in [0.2, 0.25) is 0 Å². The smallest absolute Gasteiger partial charge is 0.224 e. The number of hydrogen-bond donors (Lipinski definition) is 2. The fourth-order valence-electron chi connectivity index (χ4n) is 4.92. The molecule has 1 saturated heterocycles. The Labute approximate surface area is 178 Å². The average Bonchev–Trinajstić information content (AvgIpc) is 3.53. The average molecular weight is 416 g/mol. The molecule has 0 aromatic carbocycles. The third kappa shape index (κ3) is 3.30. The van der Waals surface area contributed by atoms with Gasteiger partial charge < -0.3 is 15.2 Å². The van der Waals surface area contributed by atoms with E-state index in [0.717, 1.165) is 73.0 Å². The first kappa shape index (κ1) is 18.3. The summed E-state index contributed by atoms with van der Waals surface area (Å²) in [6.45, 7) is 0.930. The van der Waals surface area contributed by atoms with Gasteiger partial charge in [-0.3, -0.25) is 4.79 Å². The van der Waals surface area contributed by atoms with Crippen LogP contribution in [0.3, 0.4) is 0 Å². The van der Waals surface area contributed by atoms with Gasteiger partial charge in [-0.2, -0.15) is 10.1 Å². The summed E-state index contributed by atoms with van der Waals surface area (Å²) < 4.78 is 1.76. The van der Waals surface area contributed by atoms with Gasteiger partial charge >= 0.3 is 0 Å². The van der Waals surface area contributed by atoms with Gasteiger partial charge in [0.25, 0.3) is 0 Å². The van der Waals surface area contributed by atoms with Gasteiger partial charge in [-0.1, -0.05) is 0 Å². The molecule has 2 N–H and O–H groups in total. The number of H-pyrrole nitrogens is 1. The summed E-state index contributed by atoms with van der Waals surface area (Å²) in [6, 6.07) is 4.65. The molecule has 1 amide bonds. The highest BCUT2D eigenvalue weighted by Gasteiger charge is 2.31. The zero-order valence-corrected chi connectivity index (χ0v) is 17.2. The first-order valence-electron chi connectivity index (χ1n) is 11.0. The minimum absolute atomic E-state index is 0.328. The van der Waals surface area contributed by atoms with Crippen molar-refractivity contribution in [2.45, 2.75) is 50.6 Å². The maximum atomic E-state index is 12.0. The fourth-order valence-corrected chi connectivity index (χ4v) is 4.92. The van der Waals surface area contributed by atoms with Gasteiger partial charge in [-0.25, -0.2) is 14.5 Å². The van der Waals surface area contributed by atoms with E-state index in [0.29, 0.717) is 23.9 Å². The summed E-state index contributed by atoms with van der Waals surface area (Å²) in [7, 11) is 0. The van der Waals surface area contributed by atoms with Crippen molar-refractivity contribution in [3.8, 4) is 11.3 Å². The van der Waals surface area contributed by atoms with E-state index in [1.165, 1.54) is 0 Å². The number of aromatic nitrogens is 6. The van der Waals surface area contributed by atoms with Gasteiger partial charge in [0.1, 0.15) is 5.65 Å². The zero-order chi connectivity index (χ0) is 20.8. The van der Waals surface area contributed by atoms with Crippen molar-refractivity contribution in [3.05, 3.63) is 36.9 Å². The first-order valence-corrected chi connectivity index (χ1v) is 11.0. The number of amides is 1. The van der Waals surface area contributed by atoms with Crippen molar-refractivity contribution in [2.75, 3.05) is 11.9 Å². The first-order chi connectivity index (χ1) is 15.2. The molecule has 4 aromatic rings. The molecule has 4 aromatic heterocycles. The maximum Gasteiger partial charge on any atom is 0.224 e. The molecule has 1 saturated carbocycles. The number of anilines is 1. The van der Waals surface area contributed by atoms with Crippen molar-refractivity contribution in [1.82, 2.24) is 34.4 Å². The number of imidazole rings is 1. The third-order valence-electron chi connectivity index (χ3n) is 6.54. The number of hydrogen-bond acceptors (Lipinski definition) is 6. The number of nitrogens with one attached hydrogen (secondary N) is 2. The molecule has 0 spiro atoms. The molecule has 6 rings (SSSR count). The molecule has 0 atom stereocenters. The second-order valence-corrected chi connectivity index (χ2v) is 8.45. The Morgan fingerprint density at radius 2 is 2.03 bits per heavy atom. The van der Waals surface area contributed by atoms with Crippen LogP contribution in [-0.2, 0) is 4.79 Å². The number of carbonyl (C=O) groups is 1. The van der Waals surface area contributed by atoms with Crippen LogP contribution in [0.25, 0.3) is 27.9 Å². The highest BCUT2D eigenvalue weighted by Crippen LogP contribution is 2.29. The molecule has 0 bridgehead atoms. The topological polar surface area (TPSA) is 104 Å². The monoisotopic (exact) mass is 416 g/mol. The molecule has 0 unspecified atom stereocenters. The van der Waals surface area contributed by atoms with Crippen molar-refractivity contribution >= 4 is 28.5 Å². The number of aromatic amines is 1. The Bertz CT molecular complexity index is 1250. The molecule has 1 aliphatic carbocycles. The SMILES string of the molecule is O=C1CCCN1[C@H]1CC[C@@H](Nc2ncc3c(-c4ccc5nccn5n4)c[nH]c3n2)CC1. The van der Waals surface area contributed by atoms with Crippen molar-refractivity contribution < 1.29 is 4.79 Å². The Morgan fingerprint density at radius 1 is 1.13 bits per heavy atom. The summed E-state index contributed by atoms with van der Waals surface area (Å²) in [5.74, 6) is 0.967. The molecule has 5 heterocycles. The standard InChI is InChI=1S/C22H24N8O/c31-20-2-1-10-29(20)15-5-3-14(4-6-15)26-22-25-13-17-16(12-24-21(17)27-22)18-7-8-19-23-9-11-30(19)28-18/h7-9,11-15H,1-6,10H2,(H2,24,25,26,27)/t14-,15+. The lowest BCUT2D eigenvalue weighted by atomic mass is 9.90. The highest BCUT2D eigenvalue weighted by molar-refractivity contribution is 5.92. The molecule has 158 valence electrons. The summed E-state index contributed by atoms with van der Waals surface area (Å²) in [5.41, 5.74) is 3.41. The summed E-state index contributed by atoms with van der Waals surface area (Å²) in [6.07, 6.45) is 13.2. The van der Waals surface area contributed by atoms with Crippen LogP contribution in [-0.4, -0.2) is 59.0 Å².